The number of nitrogens with zero attached hydrogens (tertiary/aromatic N) is 1. The van der Waals surface area contributed by atoms with Crippen LogP contribution in [0.5, 0.6) is 0 Å². The van der Waals surface area contributed by atoms with Crippen molar-refractivity contribution >= 4 is 35.2 Å². The number of ether oxygens (including phenoxy) is 1. The zero-order valence-corrected chi connectivity index (χ0v) is 13.2. The fourth-order valence-electron chi connectivity index (χ4n) is 2.83. The first kappa shape index (κ1) is 14.7. The molecule has 1 amide bonds. The lowest BCUT2D eigenvalue weighted by molar-refractivity contribution is -0.154. The summed E-state index contributed by atoms with van der Waals surface area (Å²) in [5.74, 6) is 0.342. The second-order valence-electron chi connectivity index (χ2n) is 5.50. The molecule has 2 atom stereocenters. The number of thioether (sulfide) groups is 1. The number of fused-ring (bicyclic) bond motifs is 1. The first-order chi connectivity index (χ1) is 9.99. The average Bonchev–Trinajstić information content (AvgIpc) is 2.95. The summed E-state index contributed by atoms with van der Waals surface area (Å²) in [5.41, 5.74) is 0.883. The van der Waals surface area contributed by atoms with E-state index in [1.807, 2.05) is 19.1 Å². The van der Waals surface area contributed by atoms with E-state index >= 15 is 0 Å². The Kier molecular flexibility index (Phi) is 3.88. The van der Waals surface area contributed by atoms with Gasteiger partial charge in [0.1, 0.15) is 12.6 Å². The maximum Gasteiger partial charge on any atom is 0.330 e. The molecule has 2 unspecified atom stereocenters. The molecule has 0 aromatic heterocycles. The van der Waals surface area contributed by atoms with Gasteiger partial charge in [-0.3, -0.25) is 4.79 Å². The van der Waals surface area contributed by atoms with E-state index < -0.39 is 6.04 Å². The molecule has 21 heavy (non-hydrogen) atoms. The van der Waals surface area contributed by atoms with Crippen LogP contribution in [0.4, 0.5) is 0 Å². The molecule has 2 heterocycles. The number of carbonyl (C=O) groups is 2. The van der Waals surface area contributed by atoms with Crippen molar-refractivity contribution < 1.29 is 14.3 Å². The molecule has 1 aromatic rings. The van der Waals surface area contributed by atoms with Crippen LogP contribution in [-0.2, 0) is 20.9 Å². The van der Waals surface area contributed by atoms with E-state index in [-0.39, 0.29) is 23.4 Å². The van der Waals surface area contributed by atoms with Crippen LogP contribution in [0.15, 0.2) is 24.3 Å². The van der Waals surface area contributed by atoms with Crippen molar-refractivity contribution in [3.8, 4) is 0 Å². The molecule has 0 radical (unpaired) electrons. The predicted octanol–water partition coefficient (Wildman–Crippen LogP) is 2.84. The number of esters is 1. The molecule has 2 aliphatic rings. The molecular formula is C15H16ClNO3S. The van der Waals surface area contributed by atoms with Gasteiger partial charge in [-0.2, -0.15) is 0 Å². The fraction of sp³-hybridized carbons (Fsp3) is 0.467. The molecule has 0 N–H and O–H groups in total. The van der Waals surface area contributed by atoms with Gasteiger partial charge in [-0.15, -0.1) is 11.8 Å². The molecule has 2 saturated heterocycles. The van der Waals surface area contributed by atoms with Crippen LogP contribution in [0.25, 0.3) is 0 Å². The molecule has 0 aliphatic carbocycles. The average molecular weight is 326 g/mol. The molecule has 6 heteroatoms. The lowest BCUT2D eigenvalue weighted by Crippen LogP contribution is -2.46. The van der Waals surface area contributed by atoms with E-state index in [0.29, 0.717) is 17.2 Å². The maximum absolute atomic E-state index is 12.3. The first-order valence-electron chi connectivity index (χ1n) is 6.87. The van der Waals surface area contributed by atoms with Gasteiger partial charge in [-0.05, 0) is 31.0 Å². The van der Waals surface area contributed by atoms with E-state index in [9.17, 15) is 9.59 Å². The highest BCUT2D eigenvalue weighted by atomic mass is 35.5. The number of hydrogen-bond acceptors (Lipinski definition) is 4. The van der Waals surface area contributed by atoms with Gasteiger partial charge < -0.3 is 9.64 Å². The molecule has 4 nitrogen and oxygen atoms in total. The zero-order valence-electron chi connectivity index (χ0n) is 11.7. The number of carbonyl (C=O) groups excluding carboxylic acids is 2. The van der Waals surface area contributed by atoms with Crippen LogP contribution in [-0.4, -0.2) is 33.4 Å². The summed E-state index contributed by atoms with van der Waals surface area (Å²) in [6.45, 7) is 2.23. The van der Waals surface area contributed by atoms with Crippen molar-refractivity contribution in [2.45, 2.75) is 37.3 Å². The summed E-state index contributed by atoms with van der Waals surface area (Å²) in [6, 6.07) is 6.71. The predicted molar refractivity (Wildman–Crippen MR) is 82.0 cm³/mol. The summed E-state index contributed by atoms with van der Waals surface area (Å²) in [4.78, 5) is 25.7. The van der Waals surface area contributed by atoms with Gasteiger partial charge >= 0.3 is 5.97 Å². The van der Waals surface area contributed by atoms with Crippen molar-refractivity contribution in [3.05, 3.63) is 34.9 Å². The van der Waals surface area contributed by atoms with Gasteiger partial charge in [-0.25, -0.2) is 4.79 Å². The Morgan fingerprint density at radius 3 is 2.90 bits per heavy atom. The number of benzene rings is 1. The fourth-order valence-corrected chi connectivity index (χ4v) is 4.37. The van der Waals surface area contributed by atoms with Crippen molar-refractivity contribution in [2.24, 2.45) is 0 Å². The summed E-state index contributed by atoms with van der Waals surface area (Å²) in [6.07, 6.45) is 1.32. The lowest BCUT2D eigenvalue weighted by Gasteiger charge is -2.29. The van der Waals surface area contributed by atoms with Crippen molar-refractivity contribution in [3.63, 3.8) is 0 Å². The third-order valence-corrected chi connectivity index (χ3v) is 5.77. The Bertz CT molecular complexity index is 577. The van der Waals surface area contributed by atoms with Crippen LogP contribution in [0.2, 0.25) is 5.02 Å². The number of hydrogen-bond donors (Lipinski definition) is 0. The Morgan fingerprint density at radius 2 is 2.19 bits per heavy atom. The van der Waals surface area contributed by atoms with Crippen molar-refractivity contribution in [2.75, 3.05) is 5.75 Å². The Labute approximate surface area is 132 Å². The molecule has 0 saturated carbocycles. The number of halogens is 1. The van der Waals surface area contributed by atoms with Gasteiger partial charge in [0.15, 0.2) is 0 Å². The van der Waals surface area contributed by atoms with Gasteiger partial charge in [-0.1, -0.05) is 23.7 Å². The highest BCUT2D eigenvalue weighted by molar-refractivity contribution is 8.01. The van der Waals surface area contributed by atoms with Crippen LogP contribution in [0.1, 0.15) is 25.3 Å². The third-order valence-electron chi connectivity index (χ3n) is 4.01. The molecule has 1 aromatic carbocycles. The molecule has 3 rings (SSSR count). The van der Waals surface area contributed by atoms with Crippen LogP contribution < -0.4 is 0 Å². The zero-order chi connectivity index (χ0) is 15.0. The van der Waals surface area contributed by atoms with E-state index in [0.717, 1.165) is 12.0 Å². The number of amides is 1. The van der Waals surface area contributed by atoms with Crippen molar-refractivity contribution in [1.82, 2.24) is 4.90 Å². The summed E-state index contributed by atoms with van der Waals surface area (Å²) < 4.78 is 5.36. The molecular weight excluding hydrogens is 310 g/mol. The van der Waals surface area contributed by atoms with Crippen LogP contribution in [0.3, 0.4) is 0 Å². The Balaban J connectivity index is 1.63. The first-order valence-corrected chi connectivity index (χ1v) is 8.23. The second-order valence-corrected chi connectivity index (χ2v) is 7.44. The minimum atomic E-state index is -0.456. The Hall–Kier alpha value is -1.20. The van der Waals surface area contributed by atoms with E-state index in [1.54, 1.807) is 28.8 Å². The van der Waals surface area contributed by atoms with Gasteiger partial charge in [0.2, 0.25) is 5.91 Å². The number of rotatable bonds is 3. The maximum atomic E-state index is 12.3. The highest BCUT2D eigenvalue weighted by Gasteiger charge is 2.53. The highest BCUT2D eigenvalue weighted by Crippen LogP contribution is 2.47. The SMILES string of the molecule is CC12CCC(=O)N1C(C(=O)OCc1ccc(Cl)cc1)CS2. The van der Waals surface area contributed by atoms with Gasteiger partial charge in [0, 0.05) is 17.2 Å². The van der Waals surface area contributed by atoms with Gasteiger partial charge in [0.05, 0.1) is 4.87 Å². The topological polar surface area (TPSA) is 46.6 Å². The van der Waals surface area contributed by atoms with E-state index in [4.69, 9.17) is 16.3 Å². The largest absolute Gasteiger partial charge is 0.459 e. The van der Waals surface area contributed by atoms with Crippen LogP contribution in [0, 0.1) is 0 Å². The molecule has 2 fully saturated rings. The standard InChI is InChI=1S/C15H16ClNO3S/c1-15-7-6-13(18)17(15)12(9-21-15)14(19)20-8-10-2-4-11(16)5-3-10/h2-5,12H,6-9H2,1H3. The molecule has 112 valence electrons. The minimum absolute atomic E-state index is 0.0518. The summed E-state index contributed by atoms with van der Waals surface area (Å²) in [5, 5.41) is 0.649. The van der Waals surface area contributed by atoms with Crippen molar-refractivity contribution in [1.29, 1.82) is 0 Å². The smallest absolute Gasteiger partial charge is 0.330 e. The molecule has 0 bridgehead atoms. The lowest BCUT2D eigenvalue weighted by atomic mass is 10.2. The minimum Gasteiger partial charge on any atom is -0.459 e. The molecule has 2 aliphatic heterocycles. The summed E-state index contributed by atoms with van der Waals surface area (Å²) >= 11 is 7.48. The van der Waals surface area contributed by atoms with Gasteiger partial charge in [0.25, 0.3) is 0 Å². The third kappa shape index (κ3) is 2.77. The Morgan fingerprint density at radius 1 is 1.48 bits per heavy atom. The normalized spacial score (nSPS) is 27.8. The van der Waals surface area contributed by atoms with E-state index in [2.05, 4.69) is 0 Å². The second kappa shape index (κ2) is 5.54. The quantitative estimate of drug-likeness (QED) is 0.802. The summed E-state index contributed by atoms with van der Waals surface area (Å²) in [7, 11) is 0. The van der Waals surface area contributed by atoms with Crippen LogP contribution >= 0.6 is 23.4 Å². The monoisotopic (exact) mass is 325 g/mol. The molecule has 0 spiro atoms. The van der Waals surface area contributed by atoms with E-state index in [1.165, 1.54) is 0 Å².